The van der Waals surface area contributed by atoms with E-state index in [0.29, 0.717) is 17.0 Å². The van der Waals surface area contributed by atoms with Crippen molar-refractivity contribution >= 4 is 23.4 Å². The molecule has 0 saturated heterocycles. The minimum atomic E-state index is 0.290. The second-order valence-corrected chi connectivity index (χ2v) is 6.13. The van der Waals surface area contributed by atoms with Crippen molar-refractivity contribution in [3.63, 3.8) is 0 Å². The summed E-state index contributed by atoms with van der Waals surface area (Å²) < 4.78 is 0. The molecule has 0 aliphatic carbocycles. The smallest absolute Gasteiger partial charge is 0.135 e. The average molecular weight is 268 g/mol. The first kappa shape index (κ1) is 15.1. The molecule has 1 heterocycles. The predicted octanol–water partition coefficient (Wildman–Crippen LogP) is 3.04. The molecule has 5 heteroatoms. The molecule has 4 nitrogen and oxygen atoms in total. The molecule has 1 aromatic heterocycles. The van der Waals surface area contributed by atoms with E-state index in [1.807, 2.05) is 18.7 Å². The molecule has 1 aromatic rings. The summed E-state index contributed by atoms with van der Waals surface area (Å²) in [5.41, 5.74) is 6.86. The van der Waals surface area contributed by atoms with E-state index in [1.165, 1.54) is 0 Å². The van der Waals surface area contributed by atoms with E-state index in [-0.39, 0.29) is 0 Å². The second-order valence-electron chi connectivity index (χ2n) is 4.86. The summed E-state index contributed by atoms with van der Waals surface area (Å²) in [6.07, 6.45) is 3.25. The molecule has 0 bridgehead atoms. The number of hydrogen-bond donors (Lipinski definition) is 2. The maximum Gasteiger partial charge on any atom is 0.135 e. The van der Waals surface area contributed by atoms with Crippen molar-refractivity contribution in [2.45, 2.75) is 45.3 Å². The molecule has 18 heavy (non-hydrogen) atoms. The fourth-order valence-electron chi connectivity index (χ4n) is 1.49. The van der Waals surface area contributed by atoms with Gasteiger partial charge in [-0.3, -0.25) is 0 Å². The second kappa shape index (κ2) is 6.83. The lowest BCUT2D eigenvalue weighted by molar-refractivity contribution is 0.771. The SMILES string of the molecule is CSC(C)CCNc1nc(C(C)C)nc(N)c1C. The van der Waals surface area contributed by atoms with Crippen molar-refractivity contribution in [3.8, 4) is 0 Å². The van der Waals surface area contributed by atoms with Crippen LogP contribution in [-0.2, 0) is 0 Å². The van der Waals surface area contributed by atoms with Crippen molar-refractivity contribution in [1.29, 1.82) is 0 Å². The molecule has 0 radical (unpaired) electrons. The lowest BCUT2D eigenvalue weighted by Gasteiger charge is -2.14. The molecule has 1 unspecified atom stereocenters. The minimum Gasteiger partial charge on any atom is -0.383 e. The zero-order valence-electron chi connectivity index (χ0n) is 11.9. The van der Waals surface area contributed by atoms with Crippen LogP contribution in [0.25, 0.3) is 0 Å². The number of aromatic nitrogens is 2. The minimum absolute atomic E-state index is 0.290. The predicted molar refractivity (Wildman–Crippen MR) is 81.4 cm³/mol. The highest BCUT2D eigenvalue weighted by atomic mass is 32.2. The Bertz CT molecular complexity index is 393. The zero-order valence-corrected chi connectivity index (χ0v) is 12.8. The van der Waals surface area contributed by atoms with Gasteiger partial charge in [0.1, 0.15) is 17.5 Å². The molecular weight excluding hydrogens is 244 g/mol. The van der Waals surface area contributed by atoms with Gasteiger partial charge in [0.25, 0.3) is 0 Å². The highest BCUT2D eigenvalue weighted by Crippen LogP contribution is 2.21. The van der Waals surface area contributed by atoms with Gasteiger partial charge in [0.2, 0.25) is 0 Å². The van der Waals surface area contributed by atoms with E-state index in [1.54, 1.807) is 0 Å². The van der Waals surface area contributed by atoms with Gasteiger partial charge < -0.3 is 11.1 Å². The van der Waals surface area contributed by atoms with E-state index in [9.17, 15) is 0 Å². The molecular formula is C13H24N4S. The molecule has 0 aromatic carbocycles. The molecule has 3 N–H and O–H groups in total. The standard InChI is InChI=1S/C13H24N4S/c1-8(2)12-16-11(14)10(4)13(17-12)15-7-6-9(3)18-5/h8-9H,6-7H2,1-5H3,(H3,14,15,16,17). The topological polar surface area (TPSA) is 63.8 Å². The molecule has 0 amide bonds. The summed E-state index contributed by atoms with van der Waals surface area (Å²) in [4.78, 5) is 8.86. The zero-order chi connectivity index (χ0) is 13.7. The highest BCUT2D eigenvalue weighted by molar-refractivity contribution is 7.99. The van der Waals surface area contributed by atoms with Gasteiger partial charge in [0.05, 0.1) is 0 Å². The van der Waals surface area contributed by atoms with Crippen LogP contribution >= 0.6 is 11.8 Å². The van der Waals surface area contributed by atoms with Crippen LogP contribution in [0.15, 0.2) is 0 Å². The van der Waals surface area contributed by atoms with Gasteiger partial charge in [0.15, 0.2) is 0 Å². The van der Waals surface area contributed by atoms with Crippen LogP contribution < -0.4 is 11.1 Å². The van der Waals surface area contributed by atoms with Crippen LogP contribution in [-0.4, -0.2) is 28.0 Å². The van der Waals surface area contributed by atoms with E-state index < -0.39 is 0 Å². The Labute approximate surface area is 114 Å². The first-order valence-corrected chi connectivity index (χ1v) is 7.65. The third kappa shape index (κ3) is 4.05. The normalized spacial score (nSPS) is 12.8. The molecule has 1 rings (SSSR count). The van der Waals surface area contributed by atoms with Crippen molar-refractivity contribution in [3.05, 3.63) is 11.4 Å². The molecule has 0 saturated carbocycles. The number of nitrogens with one attached hydrogen (secondary N) is 1. The van der Waals surface area contributed by atoms with E-state index in [4.69, 9.17) is 5.73 Å². The molecule has 102 valence electrons. The first-order valence-electron chi connectivity index (χ1n) is 6.36. The Balaban J connectivity index is 2.75. The summed E-state index contributed by atoms with van der Waals surface area (Å²) in [5, 5.41) is 4.02. The Morgan fingerprint density at radius 1 is 1.28 bits per heavy atom. The van der Waals surface area contributed by atoms with Crippen molar-refractivity contribution in [1.82, 2.24) is 9.97 Å². The lowest BCUT2D eigenvalue weighted by Crippen LogP contribution is -2.13. The fraction of sp³-hybridized carbons (Fsp3) is 0.692. The van der Waals surface area contributed by atoms with E-state index in [0.717, 1.165) is 30.2 Å². The van der Waals surface area contributed by atoms with Crippen LogP contribution in [0.2, 0.25) is 0 Å². The number of rotatable bonds is 6. The number of nitrogens with two attached hydrogens (primary N) is 1. The highest BCUT2D eigenvalue weighted by Gasteiger charge is 2.11. The van der Waals surface area contributed by atoms with E-state index >= 15 is 0 Å². The average Bonchev–Trinajstić information content (AvgIpc) is 2.33. The lowest BCUT2D eigenvalue weighted by atomic mass is 10.2. The van der Waals surface area contributed by atoms with Gasteiger partial charge in [-0.15, -0.1) is 0 Å². The van der Waals surface area contributed by atoms with Gasteiger partial charge in [-0.25, -0.2) is 9.97 Å². The van der Waals surface area contributed by atoms with Gasteiger partial charge >= 0.3 is 0 Å². The van der Waals surface area contributed by atoms with Gasteiger partial charge in [0, 0.05) is 23.3 Å². The third-order valence-corrected chi connectivity index (χ3v) is 4.00. The fourth-order valence-corrected chi connectivity index (χ4v) is 1.85. The summed E-state index contributed by atoms with van der Waals surface area (Å²) in [6.45, 7) is 9.25. The Morgan fingerprint density at radius 2 is 1.94 bits per heavy atom. The summed E-state index contributed by atoms with van der Waals surface area (Å²) >= 11 is 1.88. The van der Waals surface area contributed by atoms with Crippen LogP contribution in [0.3, 0.4) is 0 Å². The number of anilines is 2. The first-order chi connectivity index (χ1) is 8.45. The number of hydrogen-bond acceptors (Lipinski definition) is 5. The van der Waals surface area contributed by atoms with Crippen molar-refractivity contribution in [2.24, 2.45) is 0 Å². The Kier molecular flexibility index (Phi) is 5.72. The number of nitrogen functional groups attached to an aromatic ring is 1. The summed E-state index contributed by atoms with van der Waals surface area (Å²) in [7, 11) is 0. The molecule has 0 spiro atoms. The molecule has 0 aliphatic rings. The number of nitrogens with zero attached hydrogens (tertiary/aromatic N) is 2. The van der Waals surface area contributed by atoms with Crippen LogP contribution in [0, 0.1) is 6.92 Å². The molecule has 0 fully saturated rings. The van der Waals surface area contributed by atoms with Crippen molar-refractivity contribution < 1.29 is 0 Å². The van der Waals surface area contributed by atoms with Gasteiger partial charge in [-0.2, -0.15) is 11.8 Å². The Morgan fingerprint density at radius 3 is 2.50 bits per heavy atom. The van der Waals surface area contributed by atoms with Gasteiger partial charge in [-0.05, 0) is 19.6 Å². The summed E-state index contributed by atoms with van der Waals surface area (Å²) in [5.74, 6) is 2.55. The van der Waals surface area contributed by atoms with Crippen LogP contribution in [0.5, 0.6) is 0 Å². The van der Waals surface area contributed by atoms with Crippen molar-refractivity contribution in [2.75, 3.05) is 23.9 Å². The maximum absolute atomic E-state index is 5.92. The molecule has 0 aliphatic heterocycles. The molecule has 1 atom stereocenters. The monoisotopic (exact) mass is 268 g/mol. The third-order valence-electron chi connectivity index (χ3n) is 2.96. The van der Waals surface area contributed by atoms with Crippen LogP contribution in [0.4, 0.5) is 11.6 Å². The number of thioether (sulfide) groups is 1. The maximum atomic E-state index is 5.92. The Hall–Kier alpha value is -0.970. The van der Waals surface area contributed by atoms with Gasteiger partial charge in [-0.1, -0.05) is 20.8 Å². The quantitative estimate of drug-likeness (QED) is 0.830. The summed E-state index contributed by atoms with van der Waals surface area (Å²) in [6, 6.07) is 0. The van der Waals surface area contributed by atoms with E-state index in [2.05, 4.69) is 42.3 Å². The largest absolute Gasteiger partial charge is 0.383 e. The van der Waals surface area contributed by atoms with Crippen LogP contribution in [0.1, 0.15) is 44.5 Å².